The van der Waals surface area contributed by atoms with Gasteiger partial charge in [-0.15, -0.1) is 0 Å². The van der Waals surface area contributed by atoms with Crippen LogP contribution in [-0.2, 0) is 14.3 Å². The van der Waals surface area contributed by atoms with E-state index in [9.17, 15) is 4.79 Å². The van der Waals surface area contributed by atoms with Crippen molar-refractivity contribution in [2.75, 3.05) is 19.8 Å². The second-order valence-corrected chi connectivity index (χ2v) is 2.86. The van der Waals surface area contributed by atoms with Gasteiger partial charge in [-0.05, 0) is 25.8 Å². The lowest BCUT2D eigenvalue weighted by Gasteiger charge is -2.09. The maximum Gasteiger partial charge on any atom is 0.305 e. The van der Waals surface area contributed by atoms with Gasteiger partial charge >= 0.3 is 5.97 Å². The molecule has 0 N–H and O–H groups in total. The Morgan fingerprint density at radius 1 is 1.47 bits per heavy atom. The molecule has 0 amide bonds. The lowest BCUT2D eigenvalue weighted by molar-refractivity contribution is -0.143. The number of hydrogen-bond acceptors (Lipinski definition) is 4. The number of ether oxygens (including phenoxy) is 2. The molecule has 0 aromatic rings. The Morgan fingerprint density at radius 3 is 2.73 bits per heavy atom. The van der Waals surface area contributed by atoms with Gasteiger partial charge in [0.05, 0.1) is 19.3 Å². The molecule has 0 radical (unpaired) electrons. The summed E-state index contributed by atoms with van der Waals surface area (Å²) in [4.78, 5) is 13.7. The molecule has 0 aliphatic rings. The minimum atomic E-state index is -0.292. The molecule has 0 aliphatic carbocycles. The van der Waals surface area contributed by atoms with Crippen LogP contribution in [0.4, 0.5) is 0 Å². The summed E-state index contributed by atoms with van der Waals surface area (Å²) in [6, 6.07) is -0.292. The van der Waals surface area contributed by atoms with Crippen LogP contribution in [0.25, 0.3) is 10.4 Å². The summed E-state index contributed by atoms with van der Waals surface area (Å²) in [5.41, 5.74) is 8.29. The van der Waals surface area contributed by atoms with Crippen molar-refractivity contribution in [3.8, 4) is 0 Å². The van der Waals surface area contributed by atoms with E-state index in [1.54, 1.807) is 6.92 Å². The zero-order chi connectivity index (χ0) is 11.5. The lowest BCUT2D eigenvalue weighted by atomic mass is 10.2. The Morgan fingerprint density at radius 2 is 2.20 bits per heavy atom. The van der Waals surface area contributed by atoms with Crippen molar-refractivity contribution < 1.29 is 14.3 Å². The maximum absolute atomic E-state index is 11.0. The Kier molecular flexibility index (Phi) is 8.52. The minimum Gasteiger partial charge on any atom is -0.466 e. The average Bonchev–Trinajstić information content (AvgIpc) is 2.22. The zero-order valence-electron chi connectivity index (χ0n) is 9.18. The molecule has 0 aromatic carbocycles. The van der Waals surface area contributed by atoms with Gasteiger partial charge in [-0.3, -0.25) is 4.79 Å². The van der Waals surface area contributed by atoms with Crippen LogP contribution in [0.3, 0.4) is 0 Å². The van der Waals surface area contributed by atoms with E-state index in [1.165, 1.54) is 0 Å². The molecule has 0 spiro atoms. The predicted octanol–water partition coefficient (Wildman–Crippen LogP) is 2.05. The summed E-state index contributed by atoms with van der Waals surface area (Å²) in [5.74, 6) is -0.271. The SMILES string of the molecule is CCOCC(CCC(=O)OCC)N=[N+]=[N-]. The fourth-order valence-corrected chi connectivity index (χ4v) is 1.02. The van der Waals surface area contributed by atoms with Crippen LogP contribution in [-0.4, -0.2) is 31.8 Å². The second kappa shape index (κ2) is 9.30. The van der Waals surface area contributed by atoms with E-state index in [2.05, 4.69) is 10.0 Å². The first-order valence-electron chi connectivity index (χ1n) is 5.02. The van der Waals surface area contributed by atoms with Crippen molar-refractivity contribution >= 4 is 5.97 Å². The van der Waals surface area contributed by atoms with Gasteiger partial charge in [-0.25, -0.2) is 0 Å². The molecule has 0 rings (SSSR count). The maximum atomic E-state index is 11.0. The van der Waals surface area contributed by atoms with Crippen molar-refractivity contribution in [1.29, 1.82) is 0 Å². The highest BCUT2D eigenvalue weighted by Gasteiger charge is 2.10. The second-order valence-electron chi connectivity index (χ2n) is 2.86. The van der Waals surface area contributed by atoms with Crippen molar-refractivity contribution in [3.63, 3.8) is 0 Å². The van der Waals surface area contributed by atoms with Gasteiger partial charge in [0.1, 0.15) is 0 Å². The van der Waals surface area contributed by atoms with Crippen molar-refractivity contribution in [2.45, 2.75) is 32.7 Å². The normalized spacial score (nSPS) is 11.6. The van der Waals surface area contributed by atoms with E-state index < -0.39 is 0 Å². The number of esters is 1. The third-order valence-electron chi connectivity index (χ3n) is 1.72. The first-order chi connectivity index (χ1) is 7.24. The van der Waals surface area contributed by atoms with Gasteiger partial charge in [0.2, 0.25) is 0 Å². The van der Waals surface area contributed by atoms with Gasteiger partial charge in [-0.1, -0.05) is 5.11 Å². The molecule has 86 valence electrons. The Bertz CT molecular complexity index is 227. The summed E-state index contributed by atoms with van der Waals surface area (Å²) < 4.78 is 9.88. The third-order valence-corrected chi connectivity index (χ3v) is 1.72. The van der Waals surface area contributed by atoms with Gasteiger partial charge < -0.3 is 9.47 Å². The molecule has 6 heteroatoms. The van der Waals surface area contributed by atoms with Gasteiger partial charge in [0, 0.05) is 17.9 Å². The molecule has 0 saturated carbocycles. The summed E-state index contributed by atoms with van der Waals surface area (Å²) >= 11 is 0. The molecule has 0 bridgehead atoms. The molecule has 1 unspecified atom stereocenters. The van der Waals surface area contributed by atoms with Crippen molar-refractivity contribution in [1.82, 2.24) is 0 Å². The molecular weight excluding hydrogens is 198 g/mol. The van der Waals surface area contributed by atoms with Crippen LogP contribution in [0.1, 0.15) is 26.7 Å². The van der Waals surface area contributed by atoms with E-state index in [0.717, 1.165) is 0 Å². The topological polar surface area (TPSA) is 84.3 Å². The van der Waals surface area contributed by atoms with Crippen LogP contribution >= 0.6 is 0 Å². The first kappa shape index (κ1) is 13.7. The van der Waals surface area contributed by atoms with Crippen molar-refractivity contribution in [3.05, 3.63) is 10.4 Å². The first-order valence-corrected chi connectivity index (χ1v) is 5.02. The van der Waals surface area contributed by atoms with Crippen molar-refractivity contribution in [2.24, 2.45) is 5.11 Å². The Hall–Kier alpha value is -1.26. The molecule has 0 aliphatic heterocycles. The van der Waals surface area contributed by atoms with Crippen LogP contribution in [0.15, 0.2) is 5.11 Å². The average molecular weight is 215 g/mol. The number of carbonyl (C=O) groups is 1. The molecule has 6 nitrogen and oxygen atoms in total. The number of carbonyl (C=O) groups excluding carboxylic acids is 1. The highest BCUT2D eigenvalue weighted by molar-refractivity contribution is 5.69. The lowest BCUT2D eigenvalue weighted by Crippen LogP contribution is -2.15. The van der Waals surface area contributed by atoms with Crippen LogP contribution in [0.2, 0.25) is 0 Å². The van der Waals surface area contributed by atoms with Crippen LogP contribution < -0.4 is 0 Å². The Balaban J connectivity index is 3.84. The zero-order valence-corrected chi connectivity index (χ0v) is 9.18. The molecule has 0 fully saturated rings. The molecule has 0 heterocycles. The smallest absolute Gasteiger partial charge is 0.305 e. The van der Waals surface area contributed by atoms with E-state index in [0.29, 0.717) is 26.2 Å². The minimum absolute atomic E-state index is 0.255. The molecule has 0 aromatic heterocycles. The molecule has 15 heavy (non-hydrogen) atoms. The highest BCUT2D eigenvalue weighted by atomic mass is 16.5. The van der Waals surface area contributed by atoms with Gasteiger partial charge in [0.25, 0.3) is 0 Å². The highest BCUT2D eigenvalue weighted by Crippen LogP contribution is 2.04. The van der Waals surface area contributed by atoms with Gasteiger partial charge in [0.15, 0.2) is 0 Å². The van der Waals surface area contributed by atoms with E-state index in [1.807, 2.05) is 6.92 Å². The quantitative estimate of drug-likeness (QED) is 0.269. The monoisotopic (exact) mass is 215 g/mol. The largest absolute Gasteiger partial charge is 0.466 e. The van der Waals surface area contributed by atoms with E-state index in [-0.39, 0.29) is 18.4 Å². The van der Waals surface area contributed by atoms with Crippen LogP contribution in [0.5, 0.6) is 0 Å². The number of hydrogen-bond donors (Lipinski definition) is 0. The summed E-state index contributed by atoms with van der Waals surface area (Å²) in [5, 5.41) is 3.54. The molecular formula is C9H17N3O3. The number of nitrogens with zero attached hydrogens (tertiary/aromatic N) is 3. The number of azide groups is 1. The van der Waals surface area contributed by atoms with Gasteiger partial charge in [-0.2, -0.15) is 0 Å². The summed E-state index contributed by atoms with van der Waals surface area (Å²) in [7, 11) is 0. The van der Waals surface area contributed by atoms with E-state index in [4.69, 9.17) is 15.0 Å². The van der Waals surface area contributed by atoms with Crippen LogP contribution in [0, 0.1) is 0 Å². The standard InChI is InChI=1S/C9H17N3O3/c1-3-14-7-8(11-12-10)5-6-9(13)15-4-2/h8H,3-7H2,1-2H3. The fraction of sp³-hybridized carbons (Fsp3) is 0.889. The summed E-state index contributed by atoms with van der Waals surface area (Å²) in [6.45, 7) is 4.90. The fourth-order valence-electron chi connectivity index (χ4n) is 1.02. The van der Waals surface area contributed by atoms with E-state index >= 15 is 0 Å². The Labute approximate surface area is 89.2 Å². The number of rotatable bonds is 8. The molecule has 0 saturated heterocycles. The molecule has 1 atom stereocenters. The third kappa shape index (κ3) is 7.78. The summed E-state index contributed by atoms with van der Waals surface area (Å²) in [6.07, 6.45) is 0.716. The predicted molar refractivity (Wildman–Crippen MR) is 55.3 cm³/mol.